The molecule has 4 aliphatic rings. The maximum Gasteiger partial charge on any atom is 0.326 e. The summed E-state index contributed by atoms with van der Waals surface area (Å²) in [6.45, 7) is 6.06. The Morgan fingerprint density at radius 2 is 1.98 bits per heavy atom. The normalized spacial score (nSPS) is 27.2. The average Bonchev–Trinajstić information content (AvgIpc) is 3.50. The molecule has 0 bridgehead atoms. The SMILES string of the molecule is C=CC(=O)N1C[C@H](NC(=O)C2=C3NC(=O)N(c4ccc(Oc5ccccc5)cc4C)C4CCNC(S2)C34)[C@@H](F)C1. The minimum atomic E-state index is -1.38. The van der Waals surface area contributed by atoms with E-state index in [0.29, 0.717) is 29.3 Å². The number of alkyl halides is 1. The number of thioether (sulfide) groups is 1. The fourth-order valence-electron chi connectivity index (χ4n) is 5.93. The van der Waals surface area contributed by atoms with Crippen LogP contribution in [-0.2, 0) is 9.59 Å². The molecule has 2 aromatic rings. The molecule has 3 N–H and O–H groups in total. The van der Waals surface area contributed by atoms with Crippen molar-refractivity contribution >= 4 is 35.3 Å². The number of carbonyl (C=O) groups is 3. The molecule has 0 radical (unpaired) electrons. The van der Waals surface area contributed by atoms with Crippen molar-refractivity contribution in [3.8, 4) is 11.5 Å². The van der Waals surface area contributed by atoms with Crippen LogP contribution in [0.25, 0.3) is 0 Å². The minimum Gasteiger partial charge on any atom is -0.457 e. The van der Waals surface area contributed by atoms with E-state index in [1.807, 2.05) is 55.5 Å². The average molecular weight is 564 g/mol. The topological polar surface area (TPSA) is 103 Å². The standard InChI is InChI=1S/C29H30FN5O4S/c1-3-23(36)34-14-19(30)20(15-34)32-27(37)26-25-24-22(11-12-31-28(24)40-26)35(29(38)33-25)21-10-9-18(13-16(21)2)39-17-7-5-4-6-8-17/h3-10,13,19-20,22,24,28,31H,1,11-12,14-15H2,2H3,(H,32,37)(H,33,38)/t19-,20-,22?,24?,28?/m0/s1. The van der Waals surface area contributed by atoms with Gasteiger partial charge in [0, 0.05) is 23.8 Å². The van der Waals surface area contributed by atoms with Crippen LogP contribution >= 0.6 is 11.8 Å². The lowest BCUT2D eigenvalue weighted by molar-refractivity contribution is -0.125. The Balaban J connectivity index is 1.23. The highest BCUT2D eigenvalue weighted by molar-refractivity contribution is 8.04. The number of para-hydroxylation sites is 1. The molecule has 4 heterocycles. The van der Waals surface area contributed by atoms with Crippen LogP contribution in [0.1, 0.15) is 12.0 Å². The number of ether oxygens (including phenoxy) is 1. The fraction of sp³-hybridized carbons (Fsp3) is 0.345. The van der Waals surface area contributed by atoms with Gasteiger partial charge in [-0.15, -0.1) is 0 Å². The van der Waals surface area contributed by atoms with Gasteiger partial charge in [0.2, 0.25) is 5.91 Å². The molecule has 9 nitrogen and oxygen atoms in total. The van der Waals surface area contributed by atoms with Crippen molar-refractivity contribution in [2.45, 2.75) is 37.0 Å². The molecule has 40 heavy (non-hydrogen) atoms. The van der Waals surface area contributed by atoms with Crippen LogP contribution in [0, 0.1) is 12.8 Å². The molecule has 5 atom stereocenters. The molecular formula is C29H30FN5O4S. The number of nitrogens with zero attached hydrogens (tertiary/aromatic N) is 2. The molecule has 3 fully saturated rings. The number of urea groups is 1. The number of hydrogen-bond donors (Lipinski definition) is 3. The zero-order chi connectivity index (χ0) is 28.0. The number of carbonyl (C=O) groups excluding carboxylic acids is 3. The van der Waals surface area contributed by atoms with E-state index >= 15 is 0 Å². The highest BCUT2D eigenvalue weighted by atomic mass is 32.2. The van der Waals surface area contributed by atoms with Crippen molar-refractivity contribution in [1.82, 2.24) is 20.9 Å². The second-order valence-electron chi connectivity index (χ2n) is 10.3. The molecular weight excluding hydrogens is 533 g/mol. The third-order valence-corrected chi connectivity index (χ3v) is 9.16. The van der Waals surface area contributed by atoms with E-state index in [0.717, 1.165) is 23.1 Å². The van der Waals surface area contributed by atoms with E-state index in [1.165, 1.54) is 16.7 Å². The molecule has 0 saturated carbocycles. The third kappa shape index (κ3) is 4.73. The van der Waals surface area contributed by atoms with Crippen LogP contribution in [0.15, 0.2) is 71.8 Å². The first-order valence-corrected chi connectivity index (χ1v) is 14.2. The summed E-state index contributed by atoms with van der Waals surface area (Å²) >= 11 is 1.36. The first-order valence-electron chi connectivity index (χ1n) is 13.3. The summed E-state index contributed by atoms with van der Waals surface area (Å²) in [7, 11) is 0. The monoisotopic (exact) mass is 563 g/mol. The Labute approximate surface area is 235 Å². The number of rotatable bonds is 6. The van der Waals surface area contributed by atoms with Gasteiger partial charge >= 0.3 is 6.03 Å². The van der Waals surface area contributed by atoms with Gasteiger partial charge in [-0.1, -0.05) is 36.5 Å². The van der Waals surface area contributed by atoms with Gasteiger partial charge in [0.25, 0.3) is 5.91 Å². The summed E-state index contributed by atoms with van der Waals surface area (Å²) in [5, 5.41) is 9.10. The van der Waals surface area contributed by atoms with Gasteiger partial charge in [0.15, 0.2) is 0 Å². The molecule has 0 spiro atoms. The zero-order valence-corrected chi connectivity index (χ0v) is 22.7. The molecule has 6 rings (SSSR count). The second kappa shape index (κ2) is 10.6. The Morgan fingerprint density at radius 3 is 2.73 bits per heavy atom. The molecule has 4 aliphatic heterocycles. The predicted octanol–water partition coefficient (Wildman–Crippen LogP) is 3.43. The number of piperidine rings is 1. The van der Waals surface area contributed by atoms with Crippen molar-refractivity contribution in [3.63, 3.8) is 0 Å². The minimum absolute atomic E-state index is 0.0716. The maximum absolute atomic E-state index is 14.7. The number of hydrogen-bond acceptors (Lipinski definition) is 6. The van der Waals surface area contributed by atoms with E-state index in [1.54, 1.807) is 4.90 Å². The predicted molar refractivity (Wildman–Crippen MR) is 151 cm³/mol. The van der Waals surface area contributed by atoms with E-state index < -0.39 is 18.1 Å². The molecule has 11 heteroatoms. The second-order valence-corrected chi connectivity index (χ2v) is 11.5. The highest BCUT2D eigenvalue weighted by Gasteiger charge is 2.52. The Bertz CT molecular complexity index is 1400. The highest BCUT2D eigenvalue weighted by Crippen LogP contribution is 2.48. The van der Waals surface area contributed by atoms with E-state index in [4.69, 9.17) is 4.74 Å². The first kappa shape index (κ1) is 26.4. The molecule has 208 valence electrons. The lowest BCUT2D eigenvalue weighted by Gasteiger charge is -2.46. The van der Waals surface area contributed by atoms with Crippen molar-refractivity contribution in [2.75, 3.05) is 24.5 Å². The van der Waals surface area contributed by atoms with Crippen molar-refractivity contribution in [1.29, 1.82) is 0 Å². The van der Waals surface area contributed by atoms with Gasteiger partial charge in [-0.2, -0.15) is 0 Å². The number of amides is 4. The van der Waals surface area contributed by atoms with Crippen LogP contribution in [0.5, 0.6) is 11.5 Å². The van der Waals surface area contributed by atoms with Crippen LogP contribution in [0.4, 0.5) is 14.9 Å². The van der Waals surface area contributed by atoms with Gasteiger partial charge in [-0.25, -0.2) is 9.18 Å². The summed E-state index contributed by atoms with van der Waals surface area (Å²) in [6, 6.07) is 13.9. The molecule has 0 aromatic heterocycles. The number of anilines is 1. The van der Waals surface area contributed by atoms with Gasteiger partial charge in [0.1, 0.15) is 17.7 Å². The Morgan fingerprint density at radius 1 is 1.18 bits per heavy atom. The van der Waals surface area contributed by atoms with Crippen LogP contribution in [0.3, 0.4) is 0 Å². The third-order valence-electron chi connectivity index (χ3n) is 7.81. The van der Waals surface area contributed by atoms with E-state index in [2.05, 4.69) is 22.5 Å². The first-order chi connectivity index (χ1) is 19.3. The lowest BCUT2D eigenvalue weighted by atomic mass is 9.86. The maximum atomic E-state index is 14.7. The Hall–Kier alpha value is -3.83. The van der Waals surface area contributed by atoms with Gasteiger partial charge in [-0.05, 0) is 61.9 Å². The molecule has 3 saturated heterocycles. The Kier molecular flexibility index (Phi) is 7.01. The molecule has 0 aliphatic carbocycles. The summed E-state index contributed by atoms with van der Waals surface area (Å²) in [6.07, 6.45) is 0.467. The van der Waals surface area contributed by atoms with Crippen LogP contribution in [-0.4, -0.2) is 66.0 Å². The summed E-state index contributed by atoms with van der Waals surface area (Å²) in [5.41, 5.74) is 2.24. The number of aryl methyl sites for hydroxylation is 1. The lowest BCUT2D eigenvalue weighted by Crippen LogP contribution is -2.62. The van der Waals surface area contributed by atoms with E-state index in [9.17, 15) is 18.8 Å². The fourth-order valence-corrected chi connectivity index (χ4v) is 7.33. The number of benzene rings is 2. The van der Waals surface area contributed by atoms with Crippen LogP contribution < -0.4 is 25.6 Å². The molecule has 3 unspecified atom stereocenters. The summed E-state index contributed by atoms with van der Waals surface area (Å²) in [5.74, 6) is 0.454. The van der Waals surface area contributed by atoms with E-state index in [-0.39, 0.29) is 42.4 Å². The van der Waals surface area contributed by atoms with Crippen molar-refractivity contribution in [3.05, 3.63) is 77.4 Å². The quantitative estimate of drug-likeness (QED) is 0.466. The van der Waals surface area contributed by atoms with Crippen molar-refractivity contribution in [2.24, 2.45) is 5.92 Å². The summed E-state index contributed by atoms with van der Waals surface area (Å²) < 4.78 is 20.6. The van der Waals surface area contributed by atoms with Gasteiger partial charge < -0.3 is 25.6 Å². The number of halogens is 1. The number of nitrogens with one attached hydrogen (secondary N) is 3. The van der Waals surface area contributed by atoms with Crippen LogP contribution in [0.2, 0.25) is 0 Å². The summed E-state index contributed by atoms with van der Waals surface area (Å²) in [4.78, 5) is 42.3. The smallest absolute Gasteiger partial charge is 0.326 e. The molecule has 2 aromatic carbocycles. The van der Waals surface area contributed by atoms with Crippen molar-refractivity contribution < 1.29 is 23.5 Å². The molecule has 4 amide bonds. The van der Waals surface area contributed by atoms with Gasteiger partial charge in [-0.3, -0.25) is 14.5 Å². The van der Waals surface area contributed by atoms with Gasteiger partial charge in [0.05, 0.1) is 28.9 Å². The largest absolute Gasteiger partial charge is 0.457 e. The number of likely N-dealkylation sites (tertiary alicyclic amines) is 1. The zero-order valence-electron chi connectivity index (χ0n) is 21.9.